The average molecular weight is 493 g/mol. The number of aromatic nitrogens is 4. The van der Waals surface area contributed by atoms with Crippen LogP contribution in [0.15, 0.2) is 40.5 Å². The zero-order valence-electron chi connectivity index (χ0n) is 20.4. The first-order chi connectivity index (χ1) is 17.0. The van der Waals surface area contributed by atoms with Gasteiger partial charge in [0.05, 0.1) is 5.52 Å². The molecule has 1 amide bonds. The Morgan fingerprint density at radius 1 is 1.11 bits per heavy atom. The largest absolute Gasteiger partial charge is 0.326 e. The number of hydrogen-bond acceptors (Lipinski definition) is 6. The van der Waals surface area contributed by atoms with Crippen LogP contribution in [0.4, 0.5) is 5.69 Å². The molecule has 0 saturated carbocycles. The molecule has 0 radical (unpaired) electrons. The smallest absolute Gasteiger partial charge is 0.272 e. The molecular formula is C26H32N6O2S. The summed E-state index contributed by atoms with van der Waals surface area (Å²) < 4.78 is 4.41. The van der Waals surface area contributed by atoms with Crippen molar-refractivity contribution in [2.24, 2.45) is 5.92 Å². The van der Waals surface area contributed by atoms with Crippen LogP contribution in [-0.2, 0) is 24.3 Å². The van der Waals surface area contributed by atoms with E-state index in [2.05, 4.69) is 46.4 Å². The number of nitrogens with one attached hydrogen (secondary N) is 1. The van der Waals surface area contributed by atoms with Crippen molar-refractivity contribution in [3.8, 4) is 0 Å². The lowest BCUT2D eigenvalue weighted by atomic mass is 10.2. The Balaban J connectivity index is 1.22. The second-order valence-corrected chi connectivity index (χ2v) is 10.7. The predicted octanol–water partition coefficient (Wildman–Crippen LogP) is 4.32. The molecule has 9 heteroatoms. The summed E-state index contributed by atoms with van der Waals surface area (Å²) in [4.78, 5) is 28.0. The number of aryl methyl sites for hydroxylation is 1. The summed E-state index contributed by atoms with van der Waals surface area (Å²) >= 11 is 1.45. The van der Waals surface area contributed by atoms with Crippen LogP contribution in [0.1, 0.15) is 50.9 Å². The molecule has 4 heterocycles. The SMILES string of the molecule is CC(C)Cn1c(=O)c2sccc2n2c(CCCC(=O)Nc3ccc(CN4CCCC4)cc3)nnc12. The molecule has 1 aliphatic rings. The molecule has 1 saturated heterocycles. The zero-order chi connectivity index (χ0) is 24.4. The molecule has 3 aromatic heterocycles. The van der Waals surface area contributed by atoms with Gasteiger partial charge in [0, 0.05) is 31.6 Å². The van der Waals surface area contributed by atoms with Crippen molar-refractivity contribution in [3.63, 3.8) is 0 Å². The molecule has 4 aromatic rings. The highest BCUT2D eigenvalue weighted by Crippen LogP contribution is 2.21. The van der Waals surface area contributed by atoms with Crippen molar-refractivity contribution in [1.29, 1.82) is 0 Å². The Bertz CT molecular complexity index is 1380. The third-order valence-electron chi connectivity index (χ3n) is 6.47. The normalized spacial score (nSPS) is 14.5. The highest BCUT2D eigenvalue weighted by molar-refractivity contribution is 7.17. The van der Waals surface area contributed by atoms with Gasteiger partial charge in [0.1, 0.15) is 10.5 Å². The van der Waals surface area contributed by atoms with Crippen LogP contribution in [0.2, 0.25) is 0 Å². The van der Waals surface area contributed by atoms with Gasteiger partial charge in [0.25, 0.3) is 5.56 Å². The molecule has 0 spiro atoms. The van der Waals surface area contributed by atoms with Crippen molar-refractivity contribution >= 4 is 38.9 Å². The molecule has 0 aliphatic carbocycles. The highest BCUT2D eigenvalue weighted by atomic mass is 32.1. The van der Waals surface area contributed by atoms with E-state index < -0.39 is 0 Å². The van der Waals surface area contributed by atoms with Crippen LogP contribution in [0, 0.1) is 5.92 Å². The van der Waals surface area contributed by atoms with Gasteiger partial charge < -0.3 is 5.32 Å². The molecule has 1 N–H and O–H groups in total. The van der Waals surface area contributed by atoms with Gasteiger partial charge in [-0.1, -0.05) is 26.0 Å². The van der Waals surface area contributed by atoms with E-state index in [0.29, 0.717) is 42.2 Å². The van der Waals surface area contributed by atoms with E-state index in [-0.39, 0.29) is 11.5 Å². The molecule has 1 aromatic carbocycles. The van der Waals surface area contributed by atoms with Crippen LogP contribution in [0.25, 0.3) is 16.0 Å². The summed E-state index contributed by atoms with van der Waals surface area (Å²) in [5, 5.41) is 13.7. The van der Waals surface area contributed by atoms with Gasteiger partial charge in [0.15, 0.2) is 0 Å². The van der Waals surface area contributed by atoms with E-state index >= 15 is 0 Å². The van der Waals surface area contributed by atoms with E-state index in [1.165, 1.54) is 42.8 Å². The van der Waals surface area contributed by atoms with Gasteiger partial charge in [-0.05, 0) is 67.4 Å². The number of benzene rings is 1. The number of carbonyl (C=O) groups is 1. The molecule has 1 fully saturated rings. The minimum Gasteiger partial charge on any atom is -0.326 e. The van der Waals surface area contributed by atoms with E-state index in [0.717, 1.165) is 23.6 Å². The molecular weight excluding hydrogens is 460 g/mol. The first kappa shape index (κ1) is 23.7. The fourth-order valence-electron chi connectivity index (χ4n) is 4.80. The summed E-state index contributed by atoms with van der Waals surface area (Å²) in [6, 6.07) is 10.1. The summed E-state index contributed by atoms with van der Waals surface area (Å²) in [6.07, 6.45) is 4.22. The molecule has 0 atom stereocenters. The number of nitrogens with zero attached hydrogens (tertiary/aromatic N) is 5. The Kier molecular flexibility index (Phi) is 6.97. The van der Waals surface area contributed by atoms with Gasteiger partial charge in [0.2, 0.25) is 11.7 Å². The number of rotatable bonds is 9. The van der Waals surface area contributed by atoms with Gasteiger partial charge in [-0.2, -0.15) is 0 Å². The Hall–Kier alpha value is -3.04. The fourth-order valence-corrected chi connectivity index (χ4v) is 5.62. The van der Waals surface area contributed by atoms with Crippen molar-refractivity contribution in [2.75, 3.05) is 18.4 Å². The quantitative estimate of drug-likeness (QED) is 0.376. The van der Waals surface area contributed by atoms with Gasteiger partial charge in [-0.15, -0.1) is 21.5 Å². The summed E-state index contributed by atoms with van der Waals surface area (Å²) in [6.45, 7) is 8.08. The lowest BCUT2D eigenvalue weighted by Gasteiger charge is -2.14. The van der Waals surface area contributed by atoms with Crippen molar-refractivity contribution < 1.29 is 4.79 Å². The molecule has 35 heavy (non-hydrogen) atoms. The lowest BCUT2D eigenvalue weighted by Crippen LogP contribution is -2.24. The van der Waals surface area contributed by atoms with E-state index in [4.69, 9.17) is 0 Å². The van der Waals surface area contributed by atoms with Crippen LogP contribution >= 0.6 is 11.3 Å². The number of carbonyl (C=O) groups excluding carboxylic acids is 1. The first-order valence-corrected chi connectivity index (χ1v) is 13.3. The molecule has 5 rings (SSSR count). The van der Waals surface area contributed by atoms with Crippen LogP contribution < -0.4 is 10.9 Å². The number of amides is 1. The minimum atomic E-state index is -0.0130. The van der Waals surface area contributed by atoms with Crippen LogP contribution in [-0.4, -0.2) is 43.1 Å². The lowest BCUT2D eigenvalue weighted by molar-refractivity contribution is -0.116. The fraction of sp³-hybridized carbons (Fsp3) is 0.462. The Morgan fingerprint density at radius 2 is 1.89 bits per heavy atom. The predicted molar refractivity (Wildman–Crippen MR) is 140 cm³/mol. The molecule has 0 bridgehead atoms. The Morgan fingerprint density at radius 3 is 2.63 bits per heavy atom. The maximum absolute atomic E-state index is 13.0. The van der Waals surface area contributed by atoms with Crippen molar-refractivity contribution in [1.82, 2.24) is 24.1 Å². The second-order valence-electron chi connectivity index (χ2n) is 9.78. The van der Waals surface area contributed by atoms with Crippen LogP contribution in [0.3, 0.4) is 0 Å². The molecule has 0 unspecified atom stereocenters. The second kappa shape index (κ2) is 10.3. The molecule has 1 aliphatic heterocycles. The number of fused-ring (bicyclic) bond motifs is 3. The standard InChI is InChI=1S/C26H32N6O2S/c1-18(2)16-31-25(34)24-21(12-15-35-24)32-22(28-29-26(31)32)6-5-7-23(33)27-20-10-8-19(9-11-20)17-30-13-3-4-14-30/h8-12,15,18H,3-7,13-14,16-17H2,1-2H3,(H,27,33). The van der Waals surface area contributed by atoms with E-state index in [1.807, 2.05) is 28.0 Å². The maximum atomic E-state index is 13.0. The van der Waals surface area contributed by atoms with Gasteiger partial charge >= 0.3 is 0 Å². The minimum absolute atomic E-state index is 0.0106. The highest BCUT2D eigenvalue weighted by Gasteiger charge is 2.18. The molecule has 184 valence electrons. The third-order valence-corrected chi connectivity index (χ3v) is 7.37. The van der Waals surface area contributed by atoms with E-state index in [9.17, 15) is 9.59 Å². The van der Waals surface area contributed by atoms with Crippen LogP contribution in [0.5, 0.6) is 0 Å². The molecule has 8 nitrogen and oxygen atoms in total. The van der Waals surface area contributed by atoms with Gasteiger partial charge in [-0.25, -0.2) is 0 Å². The Labute approximate surface area is 208 Å². The number of hydrogen-bond donors (Lipinski definition) is 1. The van der Waals surface area contributed by atoms with Crippen molar-refractivity contribution in [2.45, 2.75) is 59.0 Å². The number of anilines is 1. The monoisotopic (exact) mass is 492 g/mol. The van der Waals surface area contributed by atoms with Gasteiger partial charge in [-0.3, -0.25) is 23.5 Å². The first-order valence-electron chi connectivity index (χ1n) is 12.4. The zero-order valence-corrected chi connectivity index (χ0v) is 21.2. The topological polar surface area (TPSA) is 84.5 Å². The number of thiophene rings is 1. The van der Waals surface area contributed by atoms with Crippen molar-refractivity contribution in [3.05, 3.63) is 57.5 Å². The maximum Gasteiger partial charge on any atom is 0.272 e. The average Bonchev–Trinajstić information content (AvgIpc) is 3.59. The summed E-state index contributed by atoms with van der Waals surface area (Å²) in [7, 11) is 0. The summed E-state index contributed by atoms with van der Waals surface area (Å²) in [5.41, 5.74) is 2.93. The number of likely N-dealkylation sites (tertiary alicyclic amines) is 1. The summed E-state index contributed by atoms with van der Waals surface area (Å²) in [5.74, 6) is 1.65. The van der Waals surface area contributed by atoms with E-state index in [1.54, 1.807) is 4.57 Å². The third kappa shape index (κ3) is 5.16.